The van der Waals surface area contributed by atoms with Crippen molar-refractivity contribution in [3.8, 4) is 0 Å². The van der Waals surface area contributed by atoms with E-state index in [1.165, 1.54) is 0 Å². The molecule has 0 radical (unpaired) electrons. The van der Waals surface area contributed by atoms with Crippen LogP contribution in [-0.4, -0.2) is 17.7 Å². The molecule has 102 valence electrons. The summed E-state index contributed by atoms with van der Waals surface area (Å²) < 4.78 is 5.50. The summed E-state index contributed by atoms with van der Waals surface area (Å²) in [6.45, 7) is 1.13. The lowest BCUT2D eigenvalue weighted by molar-refractivity contribution is -0.142. The highest BCUT2D eigenvalue weighted by molar-refractivity contribution is 5.71. The maximum atomic E-state index is 11.0. The Morgan fingerprint density at radius 1 is 1.32 bits per heavy atom. The number of benzene rings is 1. The molecular formula is C16H20O3. The Morgan fingerprint density at radius 3 is 2.68 bits per heavy atom. The van der Waals surface area contributed by atoms with Crippen LogP contribution in [-0.2, 0) is 16.1 Å². The highest BCUT2D eigenvalue weighted by atomic mass is 16.5. The fourth-order valence-electron chi connectivity index (χ4n) is 2.12. The molecule has 1 N–H and O–H groups in total. The van der Waals surface area contributed by atoms with Crippen LogP contribution in [0.1, 0.15) is 24.8 Å². The van der Waals surface area contributed by atoms with Crippen molar-refractivity contribution in [2.75, 3.05) is 6.61 Å². The average molecular weight is 260 g/mol. The van der Waals surface area contributed by atoms with Gasteiger partial charge in [-0.2, -0.15) is 0 Å². The molecule has 1 saturated carbocycles. The first-order valence-corrected chi connectivity index (χ1v) is 6.77. The van der Waals surface area contributed by atoms with E-state index in [-0.39, 0.29) is 5.92 Å². The molecular weight excluding hydrogens is 240 g/mol. The summed E-state index contributed by atoms with van der Waals surface area (Å²) in [6, 6.07) is 10.0. The van der Waals surface area contributed by atoms with Crippen LogP contribution in [0.3, 0.4) is 0 Å². The second-order valence-corrected chi connectivity index (χ2v) is 4.99. The van der Waals surface area contributed by atoms with Crippen LogP contribution in [0.2, 0.25) is 0 Å². The van der Waals surface area contributed by atoms with E-state index >= 15 is 0 Å². The first-order chi connectivity index (χ1) is 9.27. The first kappa shape index (κ1) is 13.8. The second kappa shape index (κ2) is 7.10. The van der Waals surface area contributed by atoms with Gasteiger partial charge in [0.1, 0.15) is 0 Å². The molecule has 0 amide bonds. The minimum atomic E-state index is -0.669. The number of rotatable bonds is 8. The van der Waals surface area contributed by atoms with Crippen molar-refractivity contribution in [2.45, 2.75) is 25.9 Å². The molecule has 0 aromatic heterocycles. The van der Waals surface area contributed by atoms with Gasteiger partial charge in [0.05, 0.1) is 19.1 Å². The summed E-state index contributed by atoms with van der Waals surface area (Å²) in [6.07, 6.45) is 6.60. The number of hydrogen-bond donors (Lipinski definition) is 1. The molecule has 1 aliphatic rings. The molecule has 0 spiro atoms. The van der Waals surface area contributed by atoms with Gasteiger partial charge in [-0.05, 0) is 30.7 Å². The number of carboxylic acid groups (broad SMARTS) is 1. The predicted octanol–water partition coefficient (Wildman–Crippen LogP) is 3.26. The number of aliphatic carboxylic acids is 1. The summed E-state index contributed by atoms with van der Waals surface area (Å²) in [5.41, 5.74) is 1.15. The van der Waals surface area contributed by atoms with E-state index in [2.05, 4.69) is 0 Å². The maximum absolute atomic E-state index is 11.0. The zero-order valence-corrected chi connectivity index (χ0v) is 11.0. The maximum Gasteiger partial charge on any atom is 0.307 e. The first-order valence-electron chi connectivity index (χ1n) is 6.77. The number of allylic oxidation sites excluding steroid dienone is 1. The van der Waals surface area contributed by atoms with Crippen LogP contribution < -0.4 is 0 Å². The lowest BCUT2D eigenvalue weighted by Crippen LogP contribution is -2.14. The van der Waals surface area contributed by atoms with Crippen LogP contribution in [0.15, 0.2) is 42.5 Å². The summed E-state index contributed by atoms with van der Waals surface area (Å²) in [7, 11) is 0. The minimum absolute atomic E-state index is 0.203. The van der Waals surface area contributed by atoms with Crippen LogP contribution in [0.25, 0.3) is 0 Å². The highest BCUT2D eigenvalue weighted by Crippen LogP contribution is 2.38. The molecule has 0 unspecified atom stereocenters. The van der Waals surface area contributed by atoms with Crippen molar-refractivity contribution in [1.29, 1.82) is 0 Å². The summed E-state index contributed by atoms with van der Waals surface area (Å²) >= 11 is 0. The van der Waals surface area contributed by atoms with Gasteiger partial charge in [0.15, 0.2) is 0 Å². The third-order valence-corrected chi connectivity index (χ3v) is 3.39. The van der Waals surface area contributed by atoms with Crippen molar-refractivity contribution < 1.29 is 14.6 Å². The molecule has 3 heteroatoms. The smallest absolute Gasteiger partial charge is 0.307 e. The SMILES string of the molecule is O=C(O)[C@@H](CC=CCOCc1ccccc1)C1CC1. The molecule has 0 heterocycles. The number of hydrogen-bond acceptors (Lipinski definition) is 2. The molecule has 1 atom stereocenters. The average Bonchev–Trinajstić information content (AvgIpc) is 3.23. The van der Waals surface area contributed by atoms with Gasteiger partial charge in [-0.1, -0.05) is 42.5 Å². The minimum Gasteiger partial charge on any atom is -0.481 e. The molecule has 3 nitrogen and oxygen atoms in total. The Hall–Kier alpha value is -1.61. The summed E-state index contributed by atoms with van der Waals surface area (Å²) in [5, 5.41) is 9.07. The fraction of sp³-hybridized carbons (Fsp3) is 0.438. The monoisotopic (exact) mass is 260 g/mol. The van der Waals surface area contributed by atoms with E-state index in [4.69, 9.17) is 9.84 Å². The third kappa shape index (κ3) is 4.87. The topological polar surface area (TPSA) is 46.5 Å². The quantitative estimate of drug-likeness (QED) is 0.576. The van der Waals surface area contributed by atoms with E-state index in [1.54, 1.807) is 0 Å². The van der Waals surface area contributed by atoms with Crippen molar-refractivity contribution >= 4 is 5.97 Å². The molecule has 1 aliphatic carbocycles. The van der Waals surface area contributed by atoms with Gasteiger partial charge in [-0.3, -0.25) is 4.79 Å². The van der Waals surface area contributed by atoms with Crippen LogP contribution >= 0.6 is 0 Å². The Morgan fingerprint density at radius 2 is 2.05 bits per heavy atom. The molecule has 1 aromatic carbocycles. The van der Waals surface area contributed by atoms with Crippen molar-refractivity contribution in [3.63, 3.8) is 0 Å². The van der Waals surface area contributed by atoms with Gasteiger partial charge < -0.3 is 9.84 Å². The third-order valence-electron chi connectivity index (χ3n) is 3.39. The van der Waals surface area contributed by atoms with Crippen molar-refractivity contribution in [2.24, 2.45) is 11.8 Å². The van der Waals surface area contributed by atoms with Gasteiger partial charge in [0, 0.05) is 0 Å². The highest BCUT2D eigenvalue weighted by Gasteiger charge is 2.34. The van der Waals surface area contributed by atoms with E-state index in [0.717, 1.165) is 18.4 Å². The molecule has 1 fully saturated rings. The molecule has 19 heavy (non-hydrogen) atoms. The molecule has 1 aromatic rings. The molecule has 0 bridgehead atoms. The van der Waals surface area contributed by atoms with E-state index < -0.39 is 5.97 Å². The molecule has 0 aliphatic heterocycles. The fourth-order valence-corrected chi connectivity index (χ4v) is 2.12. The van der Waals surface area contributed by atoms with Crippen LogP contribution in [0.5, 0.6) is 0 Å². The standard InChI is InChI=1S/C16H20O3/c17-16(18)15(14-9-10-14)8-4-5-11-19-12-13-6-2-1-3-7-13/h1-7,14-15H,8-12H2,(H,17,18)/t15-/m0/s1. The van der Waals surface area contributed by atoms with Gasteiger partial charge in [-0.25, -0.2) is 0 Å². The predicted molar refractivity (Wildman–Crippen MR) is 73.7 cm³/mol. The van der Waals surface area contributed by atoms with E-state index in [9.17, 15) is 4.79 Å². The molecule has 0 saturated heterocycles. The zero-order valence-electron chi connectivity index (χ0n) is 11.0. The Bertz CT molecular complexity index is 421. The normalized spacial score (nSPS) is 16.6. The number of carbonyl (C=O) groups is 1. The van der Waals surface area contributed by atoms with E-state index in [0.29, 0.717) is 25.6 Å². The van der Waals surface area contributed by atoms with Gasteiger partial charge >= 0.3 is 5.97 Å². The lowest BCUT2D eigenvalue weighted by atomic mass is 10.00. The van der Waals surface area contributed by atoms with Gasteiger partial charge in [-0.15, -0.1) is 0 Å². The van der Waals surface area contributed by atoms with Gasteiger partial charge in [0.25, 0.3) is 0 Å². The van der Waals surface area contributed by atoms with Crippen LogP contribution in [0, 0.1) is 11.8 Å². The second-order valence-electron chi connectivity index (χ2n) is 4.99. The Labute approximate surface area is 113 Å². The summed E-state index contributed by atoms with van der Waals surface area (Å²) in [4.78, 5) is 11.0. The van der Waals surface area contributed by atoms with Crippen LogP contribution in [0.4, 0.5) is 0 Å². The lowest BCUT2D eigenvalue weighted by Gasteiger charge is -2.07. The Kier molecular flexibility index (Phi) is 5.16. The summed E-state index contributed by atoms with van der Waals surface area (Å²) in [5.74, 6) is -0.477. The van der Waals surface area contributed by atoms with Crippen molar-refractivity contribution in [3.05, 3.63) is 48.0 Å². The largest absolute Gasteiger partial charge is 0.481 e. The van der Waals surface area contributed by atoms with Crippen molar-refractivity contribution in [1.82, 2.24) is 0 Å². The number of ether oxygens (including phenoxy) is 1. The Balaban J connectivity index is 1.62. The van der Waals surface area contributed by atoms with Gasteiger partial charge in [0.2, 0.25) is 0 Å². The number of carboxylic acids is 1. The van der Waals surface area contributed by atoms with E-state index in [1.807, 2.05) is 42.5 Å². The zero-order chi connectivity index (χ0) is 13.5. The molecule has 2 rings (SSSR count).